The summed E-state index contributed by atoms with van der Waals surface area (Å²) in [5, 5.41) is 18.3. The van der Waals surface area contributed by atoms with Crippen LogP contribution in [0.25, 0.3) is 0 Å². The van der Waals surface area contributed by atoms with E-state index in [1.54, 1.807) is 17.1 Å². The minimum Gasteiger partial charge on any atom is -0.481 e. The SMILES string of the molecule is CCn1cc(NC(=O)NCC(CC(=O)O)CC(C)C)cn1. The van der Waals surface area contributed by atoms with Crippen LogP contribution in [-0.2, 0) is 11.3 Å². The molecule has 1 aromatic rings. The number of hydrogen-bond donors (Lipinski definition) is 3. The lowest BCUT2D eigenvalue weighted by molar-refractivity contribution is -0.138. The van der Waals surface area contributed by atoms with Crippen LogP contribution in [0.15, 0.2) is 12.4 Å². The molecule has 0 aliphatic rings. The fraction of sp³-hybridized carbons (Fsp3) is 0.643. The van der Waals surface area contributed by atoms with E-state index in [1.807, 2.05) is 20.8 Å². The summed E-state index contributed by atoms with van der Waals surface area (Å²) in [6, 6.07) is -0.343. The minimum atomic E-state index is -0.841. The third-order valence-corrected chi connectivity index (χ3v) is 3.03. The number of aryl methyl sites for hydroxylation is 1. The molecule has 2 amide bonds. The van der Waals surface area contributed by atoms with Gasteiger partial charge < -0.3 is 15.7 Å². The summed E-state index contributed by atoms with van der Waals surface area (Å²) in [6.45, 7) is 7.11. The van der Waals surface area contributed by atoms with Crippen molar-refractivity contribution < 1.29 is 14.7 Å². The largest absolute Gasteiger partial charge is 0.481 e. The van der Waals surface area contributed by atoms with Gasteiger partial charge in [0.25, 0.3) is 0 Å². The van der Waals surface area contributed by atoms with Crippen LogP contribution in [0.5, 0.6) is 0 Å². The second kappa shape index (κ2) is 8.28. The zero-order chi connectivity index (χ0) is 15.8. The normalized spacial score (nSPS) is 12.2. The quantitative estimate of drug-likeness (QED) is 0.685. The number of carboxylic acids is 1. The molecule has 1 aromatic heterocycles. The first kappa shape index (κ1) is 17.0. The lowest BCUT2D eigenvalue weighted by Gasteiger charge is -2.17. The Bertz CT molecular complexity index is 471. The molecule has 1 rings (SSSR count). The van der Waals surface area contributed by atoms with Crippen LogP contribution in [0, 0.1) is 11.8 Å². The van der Waals surface area contributed by atoms with Crippen LogP contribution in [0.2, 0.25) is 0 Å². The molecule has 1 atom stereocenters. The van der Waals surface area contributed by atoms with E-state index in [9.17, 15) is 9.59 Å². The van der Waals surface area contributed by atoms with Crippen molar-refractivity contribution in [3.05, 3.63) is 12.4 Å². The number of carbonyl (C=O) groups excluding carboxylic acids is 1. The second-order valence-corrected chi connectivity index (χ2v) is 5.51. The van der Waals surface area contributed by atoms with Crippen molar-refractivity contribution in [3.63, 3.8) is 0 Å². The van der Waals surface area contributed by atoms with Crippen molar-refractivity contribution in [2.45, 2.75) is 40.2 Å². The molecule has 0 saturated carbocycles. The number of rotatable bonds is 8. The molecule has 118 valence electrons. The van der Waals surface area contributed by atoms with Gasteiger partial charge >= 0.3 is 12.0 Å². The molecule has 0 radical (unpaired) electrons. The first-order valence-electron chi connectivity index (χ1n) is 7.19. The van der Waals surface area contributed by atoms with Crippen LogP contribution in [-0.4, -0.2) is 33.4 Å². The van der Waals surface area contributed by atoms with E-state index in [2.05, 4.69) is 15.7 Å². The molecule has 0 bridgehead atoms. The van der Waals surface area contributed by atoms with E-state index in [0.29, 0.717) is 18.2 Å². The summed E-state index contributed by atoms with van der Waals surface area (Å²) in [6.07, 6.45) is 4.14. The number of nitrogens with one attached hydrogen (secondary N) is 2. The Kier molecular flexibility index (Phi) is 6.71. The fourth-order valence-electron chi connectivity index (χ4n) is 2.17. The van der Waals surface area contributed by atoms with Crippen LogP contribution in [0.3, 0.4) is 0 Å². The second-order valence-electron chi connectivity index (χ2n) is 5.51. The molecule has 0 saturated heterocycles. The highest BCUT2D eigenvalue weighted by Crippen LogP contribution is 2.14. The molecular weight excluding hydrogens is 272 g/mol. The molecule has 0 aliphatic carbocycles. The van der Waals surface area contributed by atoms with E-state index in [0.717, 1.165) is 13.0 Å². The Morgan fingerprint density at radius 1 is 1.43 bits per heavy atom. The van der Waals surface area contributed by atoms with Gasteiger partial charge in [0.15, 0.2) is 0 Å². The standard InChI is InChI=1S/C14H24N4O3/c1-4-18-9-12(8-16-18)17-14(21)15-7-11(5-10(2)3)6-13(19)20/h8-11H,4-7H2,1-3H3,(H,19,20)(H2,15,17,21). The Morgan fingerprint density at radius 3 is 2.67 bits per heavy atom. The van der Waals surface area contributed by atoms with Crippen LogP contribution in [0.4, 0.5) is 10.5 Å². The maximum atomic E-state index is 11.8. The summed E-state index contributed by atoms with van der Waals surface area (Å²) < 4.78 is 1.71. The summed E-state index contributed by atoms with van der Waals surface area (Å²) >= 11 is 0. The van der Waals surface area contributed by atoms with Gasteiger partial charge in [0.2, 0.25) is 0 Å². The minimum absolute atomic E-state index is 0.0617. The number of urea groups is 1. The summed E-state index contributed by atoms with van der Waals surface area (Å²) in [5.74, 6) is -0.513. The maximum absolute atomic E-state index is 11.8. The van der Waals surface area contributed by atoms with Crippen LogP contribution in [0.1, 0.15) is 33.6 Å². The molecule has 21 heavy (non-hydrogen) atoms. The Labute approximate surface area is 124 Å². The number of hydrogen-bond acceptors (Lipinski definition) is 3. The lowest BCUT2D eigenvalue weighted by Crippen LogP contribution is -2.34. The number of nitrogens with zero attached hydrogens (tertiary/aromatic N) is 2. The first-order valence-corrected chi connectivity index (χ1v) is 7.19. The molecule has 7 nitrogen and oxygen atoms in total. The van der Waals surface area contributed by atoms with E-state index in [4.69, 9.17) is 5.11 Å². The summed E-state index contributed by atoms with van der Waals surface area (Å²) in [7, 11) is 0. The monoisotopic (exact) mass is 296 g/mol. The third-order valence-electron chi connectivity index (χ3n) is 3.03. The van der Waals surface area contributed by atoms with E-state index in [-0.39, 0.29) is 18.4 Å². The average Bonchev–Trinajstić information content (AvgIpc) is 2.82. The van der Waals surface area contributed by atoms with Gasteiger partial charge in [-0.25, -0.2) is 4.79 Å². The molecule has 0 aromatic carbocycles. The van der Waals surface area contributed by atoms with Crippen molar-refractivity contribution in [1.29, 1.82) is 0 Å². The van der Waals surface area contributed by atoms with Crippen molar-refractivity contribution in [1.82, 2.24) is 15.1 Å². The first-order chi connectivity index (χ1) is 9.90. The molecule has 0 spiro atoms. The van der Waals surface area contributed by atoms with Crippen molar-refractivity contribution in [2.24, 2.45) is 11.8 Å². The topological polar surface area (TPSA) is 96.2 Å². The molecule has 0 fully saturated rings. The smallest absolute Gasteiger partial charge is 0.319 e. The molecule has 0 aliphatic heterocycles. The van der Waals surface area contributed by atoms with Gasteiger partial charge in [0, 0.05) is 25.7 Å². The molecule has 1 heterocycles. The fourth-order valence-corrected chi connectivity index (χ4v) is 2.17. The Hall–Kier alpha value is -2.05. The third kappa shape index (κ3) is 6.78. The van der Waals surface area contributed by atoms with Gasteiger partial charge in [-0.3, -0.25) is 9.48 Å². The molecule has 1 unspecified atom stereocenters. The number of aromatic nitrogens is 2. The van der Waals surface area contributed by atoms with Gasteiger partial charge in [-0.05, 0) is 25.2 Å². The number of aliphatic carboxylic acids is 1. The zero-order valence-electron chi connectivity index (χ0n) is 12.8. The number of carboxylic acid groups (broad SMARTS) is 1. The molecular formula is C14H24N4O3. The zero-order valence-corrected chi connectivity index (χ0v) is 12.8. The number of amides is 2. The van der Waals surface area contributed by atoms with E-state index < -0.39 is 5.97 Å². The van der Waals surface area contributed by atoms with Crippen LogP contribution >= 0.6 is 0 Å². The summed E-state index contributed by atoms with van der Waals surface area (Å²) in [5.41, 5.74) is 0.619. The van der Waals surface area contributed by atoms with Crippen LogP contribution < -0.4 is 10.6 Å². The Balaban J connectivity index is 2.42. The highest BCUT2D eigenvalue weighted by molar-refractivity contribution is 5.88. The number of carbonyl (C=O) groups is 2. The summed E-state index contributed by atoms with van der Waals surface area (Å²) in [4.78, 5) is 22.6. The van der Waals surface area contributed by atoms with Crippen molar-refractivity contribution >= 4 is 17.7 Å². The number of anilines is 1. The lowest BCUT2D eigenvalue weighted by atomic mass is 9.94. The van der Waals surface area contributed by atoms with E-state index >= 15 is 0 Å². The van der Waals surface area contributed by atoms with Gasteiger partial charge in [-0.1, -0.05) is 13.8 Å². The Morgan fingerprint density at radius 2 is 2.14 bits per heavy atom. The highest BCUT2D eigenvalue weighted by atomic mass is 16.4. The van der Waals surface area contributed by atoms with Gasteiger partial charge in [0.05, 0.1) is 11.9 Å². The predicted molar refractivity (Wildman–Crippen MR) is 80.1 cm³/mol. The molecule has 7 heteroatoms. The molecule has 3 N–H and O–H groups in total. The van der Waals surface area contributed by atoms with Gasteiger partial charge in [0.1, 0.15) is 0 Å². The highest BCUT2D eigenvalue weighted by Gasteiger charge is 2.16. The maximum Gasteiger partial charge on any atom is 0.319 e. The van der Waals surface area contributed by atoms with Gasteiger partial charge in [-0.15, -0.1) is 0 Å². The van der Waals surface area contributed by atoms with E-state index in [1.165, 1.54) is 0 Å². The average molecular weight is 296 g/mol. The van der Waals surface area contributed by atoms with Crippen molar-refractivity contribution in [2.75, 3.05) is 11.9 Å². The van der Waals surface area contributed by atoms with Crippen molar-refractivity contribution in [3.8, 4) is 0 Å². The predicted octanol–water partition coefficient (Wildman–Crippen LogP) is 2.16. The van der Waals surface area contributed by atoms with Gasteiger partial charge in [-0.2, -0.15) is 5.10 Å².